The van der Waals surface area contributed by atoms with E-state index in [1.165, 1.54) is 12.8 Å². The van der Waals surface area contributed by atoms with Gasteiger partial charge in [0.1, 0.15) is 18.3 Å². The number of nitrogens with zero attached hydrogens (tertiary/aromatic N) is 1. The van der Waals surface area contributed by atoms with Gasteiger partial charge in [-0.3, -0.25) is 9.69 Å². The number of carbonyl (C=O) groups excluding carboxylic acids is 1. The second-order valence-corrected chi connectivity index (χ2v) is 16.2. The summed E-state index contributed by atoms with van der Waals surface area (Å²) in [5, 5.41) is 27.1. The van der Waals surface area contributed by atoms with Crippen LogP contribution in [0, 0.1) is 5.92 Å². The molecular formula is C41H66N2O8. The van der Waals surface area contributed by atoms with Gasteiger partial charge in [-0.15, -0.1) is 0 Å². The number of hydrogen-bond donors (Lipinski definition) is 3. The van der Waals surface area contributed by atoms with Gasteiger partial charge in [-0.05, 0) is 95.7 Å². The molecule has 2 bridgehead atoms. The van der Waals surface area contributed by atoms with Gasteiger partial charge in [0.15, 0.2) is 11.5 Å². The van der Waals surface area contributed by atoms with Crippen molar-refractivity contribution >= 4 is 5.91 Å². The van der Waals surface area contributed by atoms with Crippen molar-refractivity contribution in [2.75, 3.05) is 39.5 Å². The third-order valence-corrected chi connectivity index (χ3v) is 12.4. The predicted molar refractivity (Wildman–Crippen MR) is 196 cm³/mol. The van der Waals surface area contributed by atoms with Gasteiger partial charge in [-0.25, -0.2) is 0 Å². The maximum Gasteiger partial charge on any atom is 0.222 e. The number of aliphatic hydroxyl groups is 1. The molecule has 10 nitrogen and oxygen atoms in total. The Morgan fingerprint density at radius 1 is 1.02 bits per heavy atom. The summed E-state index contributed by atoms with van der Waals surface area (Å²) >= 11 is 0. The quantitative estimate of drug-likeness (QED) is 0.128. The van der Waals surface area contributed by atoms with Crippen LogP contribution in [0.15, 0.2) is 12.1 Å². The molecule has 6 rings (SSSR count). The van der Waals surface area contributed by atoms with E-state index in [0.29, 0.717) is 45.0 Å². The summed E-state index contributed by atoms with van der Waals surface area (Å²) in [6, 6.07) is 3.46. The minimum atomic E-state index is -0.984. The Morgan fingerprint density at radius 2 is 1.75 bits per heavy atom. The Bertz CT molecular complexity index is 1310. The Morgan fingerprint density at radius 3 is 2.47 bits per heavy atom. The molecule has 0 radical (unpaired) electrons. The minimum absolute atomic E-state index is 0.00308. The van der Waals surface area contributed by atoms with Crippen LogP contribution in [0.3, 0.4) is 0 Å². The maximum absolute atomic E-state index is 13.9. The van der Waals surface area contributed by atoms with Gasteiger partial charge in [0.2, 0.25) is 5.91 Å². The van der Waals surface area contributed by atoms with Crippen LogP contribution in [0.2, 0.25) is 0 Å². The first-order chi connectivity index (χ1) is 24.7. The lowest BCUT2D eigenvalue weighted by atomic mass is 9.48. The van der Waals surface area contributed by atoms with Crippen LogP contribution in [0.1, 0.15) is 123 Å². The van der Waals surface area contributed by atoms with Gasteiger partial charge in [-0.2, -0.15) is 0 Å². The number of benzene rings is 1. The standard InChI is InChI=1S/C41H66N2O8/c1-6-9-20-47-26-33(37(49-22-11-8-3)28(5)48-21-10-7-2)50-27(4)23-35(45)42-31-16-17-41(46)34-24-30-14-15-32(44)38-36(30)40(41,39(31)51-38)18-19-43(34)25-29-12-13-29/h14-15,27-29,31,33-34,37,39,44,46H,6-13,16-26H2,1-5H3,(H,42,45)/t27-,28-,31?,33-,34?,37+,39?,40?,41?/m1/s1. The number of aromatic hydroxyl groups is 1. The van der Waals surface area contributed by atoms with E-state index < -0.39 is 29.3 Å². The number of rotatable bonds is 22. The third-order valence-electron chi connectivity index (χ3n) is 12.4. The lowest BCUT2D eigenvalue weighted by Gasteiger charge is -2.64. The molecule has 2 aliphatic heterocycles. The number of amides is 1. The van der Waals surface area contributed by atoms with Crippen LogP contribution in [0.25, 0.3) is 0 Å². The van der Waals surface area contributed by atoms with Crippen LogP contribution >= 0.6 is 0 Å². The molecule has 0 aromatic heterocycles. The van der Waals surface area contributed by atoms with Gasteiger partial charge < -0.3 is 39.2 Å². The fourth-order valence-electron chi connectivity index (χ4n) is 9.58. The van der Waals surface area contributed by atoms with Crippen LogP contribution in [0.5, 0.6) is 11.5 Å². The highest BCUT2D eigenvalue weighted by atomic mass is 16.6. The zero-order chi connectivity index (χ0) is 36.2. The fraction of sp³-hybridized carbons (Fsp3) is 0.829. The summed E-state index contributed by atoms with van der Waals surface area (Å²) in [4.78, 5) is 16.4. The monoisotopic (exact) mass is 714 g/mol. The Balaban J connectivity index is 1.15. The molecule has 1 aromatic carbocycles. The molecule has 288 valence electrons. The smallest absolute Gasteiger partial charge is 0.222 e. The second-order valence-electron chi connectivity index (χ2n) is 16.2. The molecule has 2 heterocycles. The fourth-order valence-corrected chi connectivity index (χ4v) is 9.58. The molecule has 51 heavy (non-hydrogen) atoms. The molecule has 3 N–H and O–H groups in total. The number of unbranched alkanes of at least 4 members (excludes halogenated alkanes) is 3. The number of nitrogens with one attached hydrogen (secondary N) is 1. The second kappa shape index (κ2) is 17.0. The van der Waals surface area contributed by atoms with Gasteiger partial charge in [0.05, 0.1) is 42.3 Å². The number of phenolic OH excluding ortho intramolecular Hbond substituents is 1. The van der Waals surface area contributed by atoms with E-state index in [-0.39, 0.29) is 42.4 Å². The number of carbonyl (C=O) groups is 1. The molecule has 1 spiro atoms. The molecule has 5 aliphatic rings. The van der Waals surface area contributed by atoms with Crippen LogP contribution in [-0.2, 0) is 35.6 Å². The minimum Gasteiger partial charge on any atom is -0.504 e. The Kier molecular flexibility index (Phi) is 12.9. The normalized spacial score (nSPS) is 30.3. The van der Waals surface area contributed by atoms with E-state index in [9.17, 15) is 15.0 Å². The van der Waals surface area contributed by atoms with E-state index >= 15 is 0 Å². The van der Waals surface area contributed by atoms with Crippen molar-refractivity contribution in [2.24, 2.45) is 5.92 Å². The van der Waals surface area contributed by atoms with E-state index in [0.717, 1.165) is 81.5 Å². The van der Waals surface area contributed by atoms with Crippen molar-refractivity contribution < 1.29 is 38.7 Å². The van der Waals surface area contributed by atoms with Gasteiger partial charge in [-0.1, -0.05) is 46.1 Å². The number of likely N-dealkylation sites (tertiary alicyclic amines) is 1. The predicted octanol–water partition coefficient (Wildman–Crippen LogP) is 5.81. The molecule has 3 aliphatic carbocycles. The first-order valence-corrected chi connectivity index (χ1v) is 20.4. The summed E-state index contributed by atoms with van der Waals surface area (Å²) in [5.41, 5.74) is 0.478. The molecule has 10 heteroatoms. The average molecular weight is 715 g/mol. The van der Waals surface area contributed by atoms with Crippen molar-refractivity contribution in [3.63, 3.8) is 0 Å². The third kappa shape index (κ3) is 7.97. The largest absolute Gasteiger partial charge is 0.504 e. The summed E-state index contributed by atoms with van der Waals surface area (Å²) in [6.45, 7) is 14.6. The lowest BCUT2D eigenvalue weighted by Crippen LogP contribution is -2.78. The highest BCUT2D eigenvalue weighted by Gasteiger charge is 2.73. The molecule has 1 saturated heterocycles. The molecule has 5 unspecified atom stereocenters. The summed E-state index contributed by atoms with van der Waals surface area (Å²) in [6.07, 6.45) is 9.66. The molecule has 1 amide bonds. The summed E-state index contributed by atoms with van der Waals surface area (Å²) in [7, 11) is 0. The first kappa shape index (κ1) is 38.8. The zero-order valence-electron chi connectivity index (χ0n) is 32.0. The number of ether oxygens (including phenoxy) is 5. The number of phenols is 1. The van der Waals surface area contributed by atoms with E-state index in [2.05, 4.69) is 31.0 Å². The van der Waals surface area contributed by atoms with Crippen LogP contribution in [0.4, 0.5) is 0 Å². The van der Waals surface area contributed by atoms with Crippen molar-refractivity contribution in [2.45, 2.75) is 172 Å². The van der Waals surface area contributed by atoms with Crippen LogP contribution < -0.4 is 10.1 Å². The molecule has 2 saturated carbocycles. The topological polar surface area (TPSA) is 119 Å². The van der Waals surface area contributed by atoms with Crippen molar-refractivity contribution in [3.8, 4) is 11.5 Å². The number of hydrogen-bond acceptors (Lipinski definition) is 9. The highest BCUT2D eigenvalue weighted by molar-refractivity contribution is 5.77. The van der Waals surface area contributed by atoms with E-state index in [1.807, 2.05) is 19.9 Å². The van der Waals surface area contributed by atoms with E-state index in [1.54, 1.807) is 6.07 Å². The molecular weight excluding hydrogens is 648 g/mol. The SMILES string of the molecule is CCCCOC[C@@H](O[C@H](C)CC(=O)NC1CCC2(O)C3Cc4ccc(O)c5c4C2(CCN3CC2CC2)C1O5)[C@@H](OCCCC)[C@@H](C)OCCCC. The maximum atomic E-state index is 13.9. The average Bonchev–Trinajstić information content (AvgIpc) is 3.85. The van der Waals surface area contributed by atoms with E-state index in [4.69, 9.17) is 23.7 Å². The Labute approximate surface area is 306 Å². The van der Waals surface area contributed by atoms with Gasteiger partial charge >= 0.3 is 0 Å². The lowest BCUT2D eigenvalue weighted by molar-refractivity contribution is -0.192. The number of piperidine rings is 1. The Hall–Kier alpha value is -1.95. The summed E-state index contributed by atoms with van der Waals surface area (Å²) < 4.78 is 32.0. The summed E-state index contributed by atoms with van der Waals surface area (Å²) in [5.74, 6) is 1.23. The molecule has 3 fully saturated rings. The first-order valence-electron chi connectivity index (χ1n) is 20.4. The molecule has 9 atom stereocenters. The van der Waals surface area contributed by atoms with Crippen molar-refractivity contribution in [1.29, 1.82) is 0 Å². The molecule has 1 aromatic rings. The van der Waals surface area contributed by atoms with Gasteiger partial charge in [0.25, 0.3) is 0 Å². The van der Waals surface area contributed by atoms with Crippen LogP contribution in [-0.4, -0.2) is 109 Å². The van der Waals surface area contributed by atoms with Crippen molar-refractivity contribution in [1.82, 2.24) is 10.2 Å². The van der Waals surface area contributed by atoms with Gasteiger partial charge in [0, 0.05) is 38.0 Å². The zero-order valence-corrected chi connectivity index (χ0v) is 32.0. The van der Waals surface area contributed by atoms with Crippen molar-refractivity contribution in [3.05, 3.63) is 23.3 Å². The highest BCUT2D eigenvalue weighted by Crippen LogP contribution is 2.65.